The van der Waals surface area contributed by atoms with Gasteiger partial charge in [0.1, 0.15) is 5.56 Å². The van der Waals surface area contributed by atoms with Crippen molar-refractivity contribution in [2.45, 2.75) is 27.7 Å². The van der Waals surface area contributed by atoms with E-state index in [4.69, 9.17) is 0 Å². The van der Waals surface area contributed by atoms with E-state index in [0.29, 0.717) is 26.2 Å². The Balaban J connectivity index is 3.27. The molecule has 0 aromatic heterocycles. The van der Waals surface area contributed by atoms with E-state index in [-0.39, 0.29) is 11.3 Å². The third kappa shape index (κ3) is 4.20. The minimum Gasteiger partial charge on any atom is -0.278 e. The number of nitro benzene ring substituents is 1. The van der Waals surface area contributed by atoms with E-state index in [1.807, 2.05) is 27.7 Å². The number of hydrogen-bond acceptors (Lipinski definition) is 4. The van der Waals surface area contributed by atoms with Crippen molar-refractivity contribution < 1.29 is 14.3 Å². The van der Waals surface area contributed by atoms with Gasteiger partial charge in [0.05, 0.1) is 4.92 Å². The lowest BCUT2D eigenvalue weighted by molar-refractivity contribution is -0.385. The molecule has 1 amide bonds. The molecule has 0 aliphatic heterocycles. The molecular weight excluding hydrogens is 331 g/mol. The molecule has 1 rings (SSSR count). The molecule has 0 atom stereocenters. The van der Waals surface area contributed by atoms with Gasteiger partial charge in [0.15, 0.2) is 0 Å². The van der Waals surface area contributed by atoms with Gasteiger partial charge in [0, 0.05) is 32.2 Å². The molecule has 134 valence electrons. The van der Waals surface area contributed by atoms with Gasteiger partial charge in [-0.05, 0) is 6.07 Å². The van der Waals surface area contributed by atoms with Gasteiger partial charge >= 0.3 is 7.59 Å². The van der Waals surface area contributed by atoms with Crippen LogP contribution < -0.4 is 5.09 Å². The van der Waals surface area contributed by atoms with Gasteiger partial charge in [-0.15, -0.1) is 0 Å². The zero-order valence-corrected chi connectivity index (χ0v) is 15.5. The van der Waals surface area contributed by atoms with Crippen molar-refractivity contribution in [3.05, 3.63) is 39.9 Å². The number of rotatable bonds is 9. The summed E-state index contributed by atoms with van der Waals surface area (Å²) >= 11 is 0. The fourth-order valence-corrected chi connectivity index (χ4v) is 5.11. The van der Waals surface area contributed by atoms with Gasteiger partial charge in [-0.25, -0.2) is 9.34 Å². The average molecular weight is 356 g/mol. The molecule has 0 radical (unpaired) electrons. The van der Waals surface area contributed by atoms with Crippen LogP contribution in [0.3, 0.4) is 0 Å². The lowest BCUT2D eigenvalue weighted by atomic mass is 10.2. The first-order valence-corrected chi connectivity index (χ1v) is 9.63. The molecule has 0 unspecified atom stereocenters. The van der Waals surface area contributed by atoms with Crippen LogP contribution in [0.15, 0.2) is 24.3 Å². The summed E-state index contributed by atoms with van der Waals surface area (Å²) in [6.07, 6.45) is 0. The second-order valence-electron chi connectivity index (χ2n) is 5.04. The predicted octanol–water partition coefficient (Wildman–Crippen LogP) is 3.12. The van der Waals surface area contributed by atoms with E-state index in [2.05, 4.69) is 5.09 Å². The number of hydrogen-bond donors (Lipinski definition) is 1. The number of amides is 1. The Labute approximate surface area is 142 Å². The largest absolute Gasteiger partial charge is 0.310 e. The fraction of sp³-hybridized carbons (Fsp3) is 0.533. The molecule has 1 aromatic rings. The lowest BCUT2D eigenvalue weighted by Gasteiger charge is -2.37. The van der Waals surface area contributed by atoms with E-state index in [1.165, 1.54) is 18.2 Å². The second kappa shape index (κ2) is 8.92. The highest BCUT2D eigenvalue weighted by Crippen LogP contribution is 2.49. The minimum atomic E-state index is -3.37. The second-order valence-corrected chi connectivity index (χ2v) is 7.48. The molecule has 0 aliphatic rings. The van der Waals surface area contributed by atoms with Crippen LogP contribution in [0, 0.1) is 10.1 Å². The maximum atomic E-state index is 13.6. The number of nitrogens with zero attached hydrogens (tertiary/aromatic N) is 3. The van der Waals surface area contributed by atoms with E-state index in [0.717, 1.165) is 0 Å². The topological polar surface area (TPSA) is 95.8 Å². The van der Waals surface area contributed by atoms with E-state index < -0.39 is 18.4 Å². The number of para-hydroxylation sites is 1. The van der Waals surface area contributed by atoms with Gasteiger partial charge in [0.25, 0.3) is 11.6 Å². The summed E-state index contributed by atoms with van der Waals surface area (Å²) < 4.78 is 16.9. The molecule has 0 saturated carbocycles. The number of carbonyl (C=O) groups excluding carboxylic acids is 1. The molecule has 0 aliphatic carbocycles. The van der Waals surface area contributed by atoms with Crippen LogP contribution in [0.2, 0.25) is 0 Å². The molecule has 8 nitrogen and oxygen atoms in total. The van der Waals surface area contributed by atoms with Crippen molar-refractivity contribution in [1.29, 1.82) is 0 Å². The fourth-order valence-electron chi connectivity index (χ4n) is 2.55. The quantitative estimate of drug-likeness (QED) is 0.415. The Morgan fingerprint density at radius 3 is 1.96 bits per heavy atom. The molecule has 0 heterocycles. The third-order valence-corrected chi connectivity index (χ3v) is 6.98. The molecule has 0 spiro atoms. The summed E-state index contributed by atoms with van der Waals surface area (Å²) in [4.78, 5) is 23.1. The van der Waals surface area contributed by atoms with Gasteiger partial charge in [-0.3, -0.25) is 24.6 Å². The Morgan fingerprint density at radius 1 is 1.08 bits per heavy atom. The first-order valence-electron chi connectivity index (χ1n) is 8.02. The van der Waals surface area contributed by atoms with E-state index in [9.17, 15) is 19.5 Å². The molecule has 0 bridgehead atoms. The first-order chi connectivity index (χ1) is 11.3. The van der Waals surface area contributed by atoms with Crippen LogP contribution in [0.25, 0.3) is 0 Å². The van der Waals surface area contributed by atoms with E-state index >= 15 is 0 Å². The van der Waals surface area contributed by atoms with Crippen molar-refractivity contribution in [1.82, 2.24) is 14.4 Å². The average Bonchev–Trinajstić information content (AvgIpc) is 2.56. The zero-order chi connectivity index (χ0) is 18.3. The minimum absolute atomic E-state index is 0.0953. The summed E-state index contributed by atoms with van der Waals surface area (Å²) in [6, 6.07) is 5.65. The lowest BCUT2D eigenvalue weighted by Crippen LogP contribution is -2.41. The number of benzene rings is 1. The Morgan fingerprint density at radius 2 is 1.54 bits per heavy atom. The van der Waals surface area contributed by atoms with Crippen LogP contribution in [0.5, 0.6) is 0 Å². The van der Waals surface area contributed by atoms with Crippen LogP contribution in [0.1, 0.15) is 38.1 Å². The summed E-state index contributed by atoms with van der Waals surface area (Å²) in [6.45, 7) is 9.38. The van der Waals surface area contributed by atoms with Crippen LogP contribution in [-0.2, 0) is 4.57 Å². The van der Waals surface area contributed by atoms with Crippen LogP contribution >= 0.6 is 7.59 Å². The maximum absolute atomic E-state index is 13.6. The Kier molecular flexibility index (Phi) is 7.54. The summed E-state index contributed by atoms with van der Waals surface area (Å²) in [5.74, 6) is -0.704. The maximum Gasteiger partial charge on any atom is 0.310 e. The van der Waals surface area contributed by atoms with Crippen molar-refractivity contribution in [2.75, 3.05) is 26.2 Å². The highest BCUT2D eigenvalue weighted by atomic mass is 31.2. The predicted molar refractivity (Wildman–Crippen MR) is 94.0 cm³/mol. The highest BCUT2D eigenvalue weighted by Gasteiger charge is 2.37. The van der Waals surface area contributed by atoms with Crippen LogP contribution in [0.4, 0.5) is 5.69 Å². The van der Waals surface area contributed by atoms with Gasteiger partial charge in [-0.2, -0.15) is 0 Å². The summed E-state index contributed by atoms with van der Waals surface area (Å²) in [5.41, 5.74) is -0.400. The molecule has 0 saturated heterocycles. The van der Waals surface area contributed by atoms with Crippen molar-refractivity contribution in [3.8, 4) is 0 Å². The summed E-state index contributed by atoms with van der Waals surface area (Å²) in [5, 5.41) is 13.7. The normalized spacial score (nSPS) is 11.8. The molecule has 0 fully saturated rings. The van der Waals surface area contributed by atoms with Crippen molar-refractivity contribution in [3.63, 3.8) is 0 Å². The number of nitrogens with one attached hydrogen (secondary N) is 1. The first kappa shape index (κ1) is 20.3. The molecule has 9 heteroatoms. The van der Waals surface area contributed by atoms with Crippen molar-refractivity contribution in [2.24, 2.45) is 0 Å². The number of nitro groups is 1. The molecule has 24 heavy (non-hydrogen) atoms. The van der Waals surface area contributed by atoms with Crippen molar-refractivity contribution >= 4 is 19.2 Å². The molecule has 1 N–H and O–H groups in total. The standard InChI is InChI=1S/C15H25N4O4P/c1-5-17(6-2)24(23,18(7-3)8-4)16-15(20)13-11-9-10-12-14(13)19(21)22/h9-12H,5-8H2,1-4H3,(H,16,20,23). The third-order valence-electron chi connectivity index (χ3n) is 3.82. The van der Waals surface area contributed by atoms with Gasteiger partial charge < -0.3 is 0 Å². The molecular formula is C15H25N4O4P. The zero-order valence-electron chi connectivity index (χ0n) is 14.6. The van der Waals surface area contributed by atoms with Crippen LogP contribution in [-0.4, -0.2) is 46.4 Å². The van der Waals surface area contributed by atoms with Gasteiger partial charge in [0.2, 0.25) is 0 Å². The monoisotopic (exact) mass is 356 g/mol. The van der Waals surface area contributed by atoms with Gasteiger partial charge in [-0.1, -0.05) is 39.8 Å². The number of carbonyl (C=O) groups is 1. The highest BCUT2D eigenvalue weighted by molar-refractivity contribution is 7.57. The van der Waals surface area contributed by atoms with E-state index in [1.54, 1.807) is 15.4 Å². The smallest absolute Gasteiger partial charge is 0.278 e. The molecule has 1 aromatic carbocycles. The summed E-state index contributed by atoms with van der Waals surface area (Å²) in [7, 11) is -3.37. The Bertz CT molecular complexity index is 614. The Hall–Kier alpha value is -1.76. The SMILES string of the molecule is CCN(CC)P(=O)(NC(=O)c1ccccc1[N+](=O)[O-])N(CC)CC.